The fraction of sp³-hybridized carbons (Fsp3) is 0.231. The second kappa shape index (κ2) is 5.15. The van der Waals surface area contributed by atoms with Crippen molar-refractivity contribution in [2.24, 2.45) is 0 Å². The van der Waals surface area contributed by atoms with Gasteiger partial charge in [0.2, 0.25) is 0 Å². The van der Waals surface area contributed by atoms with Crippen LogP contribution in [0.15, 0.2) is 36.7 Å². The van der Waals surface area contributed by atoms with Gasteiger partial charge in [0.25, 0.3) is 0 Å². The molecule has 0 radical (unpaired) electrons. The van der Waals surface area contributed by atoms with Crippen molar-refractivity contribution in [2.45, 2.75) is 19.3 Å². The molecule has 0 N–H and O–H groups in total. The van der Waals surface area contributed by atoms with E-state index in [1.165, 1.54) is 0 Å². The van der Waals surface area contributed by atoms with E-state index in [0.717, 1.165) is 17.5 Å². The van der Waals surface area contributed by atoms with Gasteiger partial charge in [-0.1, -0.05) is 24.6 Å². The molecule has 17 heavy (non-hydrogen) atoms. The first-order chi connectivity index (χ1) is 8.22. The molecule has 88 valence electrons. The molecule has 1 heterocycles. The summed E-state index contributed by atoms with van der Waals surface area (Å²) in [4.78, 5) is 10.5. The predicted molar refractivity (Wildman–Crippen MR) is 67.7 cm³/mol. The lowest BCUT2D eigenvalue weighted by Crippen LogP contribution is -1.99. The number of nitrogens with zero attached hydrogens (tertiary/aromatic N) is 2. The Morgan fingerprint density at radius 1 is 1.53 bits per heavy atom. The van der Waals surface area contributed by atoms with Gasteiger partial charge in [-0.2, -0.15) is 5.10 Å². The van der Waals surface area contributed by atoms with Crippen molar-refractivity contribution < 1.29 is 4.79 Å². The minimum absolute atomic E-state index is 0.191. The molecule has 3 nitrogen and oxygen atoms in total. The highest BCUT2D eigenvalue weighted by molar-refractivity contribution is 6.32. The summed E-state index contributed by atoms with van der Waals surface area (Å²) < 4.78 is 1.72. The van der Waals surface area contributed by atoms with Gasteiger partial charge in [0.05, 0.1) is 10.7 Å². The number of carbonyl (C=O) groups excluding carboxylic acids is 1. The highest BCUT2D eigenvalue weighted by atomic mass is 35.5. The molecule has 1 atom stereocenters. The number of rotatable bonds is 4. The fourth-order valence-corrected chi connectivity index (χ4v) is 1.98. The predicted octanol–water partition coefficient (Wildman–Crippen LogP) is 3.22. The molecule has 1 aromatic heterocycles. The summed E-state index contributed by atoms with van der Waals surface area (Å²) in [5, 5.41) is 4.78. The van der Waals surface area contributed by atoms with Crippen molar-refractivity contribution in [1.82, 2.24) is 9.78 Å². The third-order valence-corrected chi connectivity index (χ3v) is 3.04. The Morgan fingerprint density at radius 2 is 2.35 bits per heavy atom. The van der Waals surface area contributed by atoms with E-state index < -0.39 is 0 Å². The second-order valence-corrected chi connectivity index (χ2v) is 4.37. The quantitative estimate of drug-likeness (QED) is 0.779. The Labute approximate surface area is 105 Å². The van der Waals surface area contributed by atoms with Crippen molar-refractivity contribution in [2.75, 3.05) is 0 Å². The maximum Gasteiger partial charge on any atom is 0.120 e. The summed E-state index contributed by atoms with van der Waals surface area (Å²) in [5.41, 5.74) is 1.91. The van der Waals surface area contributed by atoms with Crippen molar-refractivity contribution in [3.05, 3.63) is 47.2 Å². The average molecular weight is 249 g/mol. The van der Waals surface area contributed by atoms with Gasteiger partial charge in [-0.3, -0.25) is 0 Å². The smallest absolute Gasteiger partial charge is 0.120 e. The molecule has 0 fully saturated rings. The zero-order chi connectivity index (χ0) is 12.3. The summed E-state index contributed by atoms with van der Waals surface area (Å²) in [6, 6.07) is 7.65. The van der Waals surface area contributed by atoms with E-state index in [2.05, 4.69) is 5.10 Å². The number of carbonyl (C=O) groups is 1. The van der Waals surface area contributed by atoms with Crippen LogP contribution in [0.4, 0.5) is 0 Å². The van der Waals surface area contributed by atoms with E-state index in [-0.39, 0.29) is 5.92 Å². The van der Waals surface area contributed by atoms with Gasteiger partial charge < -0.3 is 4.79 Å². The van der Waals surface area contributed by atoms with E-state index in [1.54, 1.807) is 10.9 Å². The zero-order valence-corrected chi connectivity index (χ0v) is 10.3. The molecule has 2 aromatic rings. The molecule has 0 aliphatic rings. The topological polar surface area (TPSA) is 34.9 Å². The monoisotopic (exact) mass is 248 g/mol. The van der Waals surface area contributed by atoms with Crippen LogP contribution in [-0.4, -0.2) is 16.1 Å². The Hall–Kier alpha value is -1.61. The minimum Gasteiger partial charge on any atom is -0.303 e. The summed E-state index contributed by atoms with van der Waals surface area (Å²) in [5.74, 6) is 0.191. The van der Waals surface area contributed by atoms with E-state index in [0.29, 0.717) is 11.4 Å². The van der Waals surface area contributed by atoms with Crippen LogP contribution in [0.1, 0.15) is 24.8 Å². The molecule has 0 saturated heterocycles. The average Bonchev–Trinajstić information content (AvgIpc) is 2.82. The van der Waals surface area contributed by atoms with E-state index in [1.807, 2.05) is 37.4 Å². The maximum absolute atomic E-state index is 10.5. The molecular formula is C13H13ClN2O. The van der Waals surface area contributed by atoms with Gasteiger partial charge in [0, 0.05) is 18.8 Å². The molecule has 0 aliphatic heterocycles. The van der Waals surface area contributed by atoms with E-state index in [9.17, 15) is 4.79 Å². The Morgan fingerprint density at radius 3 is 2.94 bits per heavy atom. The number of aldehydes is 1. The third-order valence-electron chi connectivity index (χ3n) is 2.74. The standard InChI is InChI=1S/C13H13ClN2O/c1-10(5-8-17)11-3-4-13(12(14)9-11)16-7-2-6-15-16/h2-4,6-10H,5H2,1H3. The highest BCUT2D eigenvalue weighted by Gasteiger charge is 2.09. The first-order valence-corrected chi connectivity index (χ1v) is 5.83. The van der Waals surface area contributed by atoms with Crippen LogP contribution in [0.25, 0.3) is 5.69 Å². The number of benzene rings is 1. The van der Waals surface area contributed by atoms with Crippen LogP contribution in [0.3, 0.4) is 0 Å². The van der Waals surface area contributed by atoms with Crippen LogP contribution in [0, 0.1) is 0 Å². The van der Waals surface area contributed by atoms with Gasteiger partial charge in [-0.25, -0.2) is 4.68 Å². The Kier molecular flexibility index (Phi) is 3.59. The van der Waals surface area contributed by atoms with Crippen LogP contribution in [-0.2, 0) is 4.79 Å². The van der Waals surface area contributed by atoms with Crippen LogP contribution >= 0.6 is 11.6 Å². The van der Waals surface area contributed by atoms with Gasteiger partial charge in [-0.15, -0.1) is 0 Å². The number of hydrogen-bond acceptors (Lipinski definition) is 2. The van der Waals surface area contributed by atoms with Gasteiger partial charge in [0.15, 0.2) is 0 Å². The number of aromatic nitrogens is 2. The molecular weight excluding hydrogens is 236 g/mol. The SMILES string of the molecule is CC(CC=O)c1ccc(-n2cccn2)c(Cl)c1. The summed E-state index contributed by atoms with van der Waals surface area (Å²) in [7, 11) is 0. The second-order valence-electron chi connectivity index (χ2n) is 3.96. The lowest BCUT2D eigenvalue weighted by Gasteiger charge is -2.11. The van der Waals surface area contributed by atoms with Crippen molar-refractivity contribution in [3.8, 4) is 5.69 Å². The van der Waals surface area contributed by atoms with Crippen LogP contribution in [0.2, 0.25) is 5.02 Å². The van der Waals surface area contributed by atoms with Crippen molar-refractivity contribution >= 4 is 17.9 Å². The molecule has 1 unspecified atom stereocenters. The normalized spacial score (nSPS) is 12.4. The molecule has 0 spiro atoms. The molecule has 0 saturated carbocycles. The van der Waals surface area contributed by atoms with Gasteiger partial charge in [-0.05, 0) is 29.7 Å². The lowest BCUT2D eigenvalue weighted by molar-refractivity contribution is -0.108. The summed E-state index contributed by atoms with van der Waals surface area (Å²) in [6.07, 6.45) is 4.99. The van der Waals surface area contributed by atoms with Crippen LogP contribution < -0.4 is 0 Å². The van der Waals surface area contributed by atoms with Gasteiger partial charge in [0.1, 0.15) is 6.29 Å². The van der Waals surface area contributed by atoms with Crippen molar-refractivity contribution in [1.29, 1.82) is 0 Å². The van der Waals surface area contributed by atoms with E-state index >= 15 is 0 Å². The van der Waals surface area contributed by atoms with E-state index in [4.69, 9.17) is 11.6 Å². The van der Waals surface area contributed by atoms with Crippen LogP contribution in [0.5, 0.6) is 0 Å². The fourth-order valence-electron chi connectivity index (χ4n) is 1.71. The molecule has 4 heteroatoms. The summed E-state index contributed by atoms with van der Waals surface area (Å²) >= 11 is 6.22. The molecule has 0 amide bonds. The van der Waals surface area contributed by atoms with Gasteiger partial charge >= 0.3 is 0 Å². The lowest BCUT2D eigenvalue weighted by atomic mass is 9.98. The van der Waals surface area contributed by atoms with Crippen molar-refractivity contribution in [3.63, 3.8) is 0 Å². The minimum atomic E-state index is 0.191. The summed E-state index contributed by atoms with van der Waals surface area (Å²) in [6.45, 7) is 2.01. The first-order valence-electron chi connectivity index (χ1n) is 5.45. The maximum atomic E-state index is 10.5. The third kappa shape index (κ3) is 2.56. The highest BCUT2D eigenvalue weighted by Crippen LogP contribution is 2.26. The number of hydrogen-bond donors (Lipinski definition) is 0. The molecule has 0 bridgehead atoms. The Bertz CT molecular complexity index is 508. The molecule has 1 aromatic carbocycles. The zero-order valence-electron chi connectivity index (χ0n) is 9.51. The number of halogens is 1. The molecule has 2 rings (SSSR count). The largest absolute Gasteiger partial charge is 0.303 e. The first kappa shape index (κ1) is 11.9. The Balaban J connectivity index is 2.32. The molecule has 0 aliphatic carbocycles.